The van der Waals surface area contributed by atoms with E-state index >= 15 is 0 Å². The summed E-state index contributed by atoms with van der Waals surface area (Å²) in [7, 11) is 2.69. The van der Waals surface area contributed by atoms with E-state index in [4.69, 9.17) is 14.6 Å². The molecular weight excluding hydrogens is 308 g/mol. The topological polar surface area (TPSA) is 99.4 Å². The molecule has 0 aliphatic carbocycles. The van der Waals surface area contributed by atoms with Crippen LogP contribution >= 0.6 is 15.9 Å². The molecule has 0 aromatic heterocycles. The van der Waals surface area contributed by atoms with Gasteiger partial charge in [-0.1, -0.05) is 0 Å². The average Bonchev–Trinajstić information content (AvgIpc) is 2.38. The van der Waals surface area contributed by atoms with E-state index in [9.17, 15) is 15.3 Å². The molecule has 0 heterocycles. The number of phenols is 1. The molecule has 0 aliphatic rings. The Balaban J connectivity index is 3.36. The van der Waals surface area contributed by atoms with E-state index in [1.807, 2.05) is 0 Å². The molecule has 4 N–H and O–H groups in total. The summed E-state index contributed by atoms with van der Waals surface area (Å²) in [6.07, 6.45) is -2.69. The van der Waals surface area contributed by atoms with Gasteiger partial charge in [-0.3, -0.25) is 0 Å². The molecule has 0 saturated carbocycles. The van der Waals surface area contributed by atoms with E-state index in [2.05, 4.69) is 15.9 Å². The lowest BCUT2D eigenvalue weighted by Crippen LogP contribution is -2.22. The van der Waals surface area contributed by atoms with Crippen LogP contribution in [0.5, 0.6) is 17.2 Å². The van der Waals surface area contributed by atoms with Crippen molar-refractivity contribution in [2.75, 3.05) is 20.8 Å². The lowest BCUT2D eigenvalue weighted by Gasteiger charge is -2.20. The van der Waals surface area contributed by atoms with Crippen LogP contribution in [0.4, 0.5) is 0 Å². The molecule has 102 valence electrons. The third kappa shape index (κ3) is 2.69. The van der Waals surface area contributed by atoms with Gasteiger partial charge in [0.05, 0.1) is 25.3 Å². The Kier molecular flexibility index (Phi) is 5.21. The number of rotatable bonds is 5. The van der Waals surface area contributed by atoms with Gasteiger partial charge < -0.3 is 29.9 Å². The van der Waals surface area contributed by atoms with E-state index in [1.165, 1.54) is 20.3 Å². The molecule has 2 atom stereocenters. The number of methoxy groups -OCH3 is 2. The summed E-state index contributed by atoms with van der Waals surface area (Å²) < 4.78 is 10.2. The quantitative estimate of drug-likeness (QED) is 0.632. The highest BCUT2D eigenvalue weighted by molar-refractivity contribution is 9.10. The number of hydrogen-bond acceptors (Lipinski definition) is 6. The summed E-state index contributed by atoms with van der Waals surface area (Å²) in [5, 5.41) is 37.9. The first kappa shape index (κ1) is 15.0. The molecular formula is C11H15BrO6. The Hall–Kier alpha value is -1.02. The van der Waals surface area contributed by atoms with Crippen LogP contribution in [-0.2, 0) is 0 Å². The number of halogens is 1. The minimum Gasteiger partial charge on any atom is -0.502 e. The predicted octanol–water partition coefficient (Wildman–Crippen LogP) is 0.558. The Bertz CT molecular complexity index is 422. The summed E-state index contributed by atoms with van der Waals surface area (Å²) in [5.41, 5.74) is 0.239. The Labute approximate surface area is 113 Å². The second kappa shape index (κ2) is 6.24. The van der Waals surface area contributed by atoms with Crippen molar-refractivity contribution in [3.05, 3.63) is 16.1 Å². The van der Waals surface area contributed by atoms with Crippen LogP contribution in [0.3, 0.4) is 0 Å². The van der Waals surface area contributed by atoms with Gasteiger partial charge >= 0.3 is 0 Å². The molecule has 1 rings (SSSR count). The Morgan fingerprint density at radius 2 is 1.89 bits per heavy atom. The lowest BCUT2D eigenvalue weighted by atomic mass is 10.0. The molecule has 0 radical (unpaired) electrons. The second-order valence-electron chi connectivity index (χ2n) is 3.56. The van der Waals surface area contributed by atoms with Crippen molar-refractivity contribution >= 4 is 15.9 Å². The molecule has 0 bridgehead atoms. The van der Waals surface area contributed by atoms with Gasteiger partial charge in [0.25, 0.3) is 0 Å². The zero-order valence-corrected chi connectivity index (χ0v) is 11.5. The van der Waals surface area contributed by atoms with Crippen LogP contribution in [0.25, 0.3) is 0 Å². The summed E-state index contributed by atoms with van der Waals surface area (Å²) in [6.45, 7) is -0.598. The summed E-state index contributed by atoms with van der Waals surface area (Å²) in [4.78, 5) is 0. The van der Waals surface area contributed by atoms with Crippen LogP contribution in [0, 0.1) is 0 Å². The fourth-order valence-electron chi connectivity index (χ4n) is 1.48. The van der Waals surface area contributed by atoms with Crippen molar-refractivity contribution in [2.24, 2.45) is 0 Å². The van der Waals surface area contributed by atoms with Crippen molar-refractivity contribution in [2.45, 2.75) is 12.2 Å². The van der Waals surface area contributed by atoms with E-state index in [1.54, 1.807) is 0 Å². The molecule has 0 amide bonds. The summed E-state index contributed by atoms with van der Waals surface area (Å²) in [5.74, 6) is -0.0518. The SMILES string of the molecule is COc1cc([C@@H](O)[C@H](O)CO)c(Br)c(OC)c1O. The highest BCUT2D eigenvalue weighted by Gasteiger charge is 2.25. The first-order valence-corrected chi connectivity index (χ1v) is 5.87. The van der Waals surface area contributed by atoms with Gasteiger partial charge in [-0.15, -0.1) is 0 Å². The average molecular weight is 323 g/mol. The second-order valence-corrected chi connectivity index (χ2v) is 4.35. The van der Waals surface area contributed by atoms with E-state index < -0.39 is 18.8 Å². The number of aromatic hydroxyl groups is 1. The lowest BCUT2D eigenvalue weighted by molar-refractivity contribution is -0.0157. The van der Waals surface area contributed by atoms with Gasteiger partial charge in [-0.05, 0) is 22.0 Å². The van der Waals surface area contributed by atoms with Gasteiger partial charge in [0.15, 0.2) is 11.5 Å². The molecule has 7 heteroatoms. The van der Waals surface area contributed by atoms with Crippen LogP contribution in [0.2, 0.25) is 0 Å². The first-order chi connectivity index (χ1) is 8.47. The number of hydrogen-bond donors (Lipinski definition) is 4. The van der Waals surface area contributed by atoms with Crippen molar-refractivity contribution in [3.8, 4) is 17.2 Å². The molecule has 1 aromatic rings. The highest BCUT2D eigenvalue weighted by Crippen LogP contribution is 2.46. The maximum absolute atomic E-state index is 9.87. The first-order valence-electron chi connectivity index (χ1n) is 5.08. The molecule has 6 nitrogen and oxygen atoms in total. The van der Waals surface area contributed by atoms with Crippen molar-refractivity contribution in [1.29, 1.82) is 0 Å². The normalized spacial score (nSPS) is 14.1. The third-order valence-electron chi connectivity index (χ3n) is 2.48. The molecule has 0 spiro atoms. The van der Waals surface area contributed by atoms with Crippen LogP contribution in [-0.4, -0.2) is 47.4 Å². The molecule has 1 aromatic carbocycles. The van der Waals surface area contributed by atoms with Gasteiger partial charge in [-0.25, -0.2) is 0 Å². The minimum absolute atomic E-state index is 0.0774. The Morgan fingerprint density at radius 3 is 2.33 bits per heavy atom. The molecule has 0 aliphatic heterocycles. The third-order valence-corrected chi connectivity index (χ3v) is 3.30. The van der Waals surface area contributed by atoms with Gasteiger partial charge in [0.1, 0.15) is 12.2 Å². The van der Waals surface area contributed by atoms with Crippen LogP contribution in [0.15, 0.2) is 10.5 Å². The van der Waals surface area contributed by atoms with Crippen molar-refractivity contribution < 1.29 is 29.9 Å². The largest absolute Gasteiger partial charge is 0.502 e. The number of aliphatic hydroxyl groups is 3. The molecule has 0 fully saturated rings. The van der Waals surface area contributed by atoms with E-state index in [0.29, 0.717) is 0 Å². The zero-order valence-electron chi connectivity index (χ0n) is 9.92. The fraction of sp³-hybridized carbons (Fsp3) is 0.455. The van der Waals surface area contributed by atoms with Crippen LogP contribution < -0.4 is 9.47 Å². The van der Waals surface area contributed by atoms with Crippen molar-refractivity contribution in [1.82, 2.24) is 0 Å². The molecule has 0 saturated heterocycles. The van der Waals surface area contributed by atoms with Gasteiger partial charge in [0.2, 0.25) is 5.75 Å². The molecule has 0 unspecified atom stereocenters. The predicted molar refractivity (Wildman–Crippen MR) is 67.0 cm³/mol. The number of phenolic OH excluding ortho intramolecular Hbond substituents is 1. The van der Waals surface area contributed by atoms with Gasteiger partial charge in [-0.2, -0.15) is 0 Å². The minimum atomic E-state index is -1.35. The Morgan fingerprint density at radius 1 is 1.28 bits per heavy atom. The maximum Gasteiger partial charge on any atom is 0.201 e. The zero-order chi connectivity index (χ0) is 13.9. The fourth-order valence-corrected chi connectivity index (χ4v) is 2.18. The standard InChI is InChI=1S/C11H15BrO6/c1-17-7-3-5(9(15)6(14)4-13)8(12)11(18-2)10(7)16/h3,6,9,13-16H,4H2,1-2H3/t6-,9-/m1/s1. The van der Waals surface area contributed by atoms with Crippen LogP contribution in [0.1, 0.15) is 11.7 Å². The molecule has 18 heavy (non-hydrogen) atoms. The highest BCUT2D eigenvalue weighted by atomic mass is 79.9. The van der Waals surface area contributed by atoms with E-state index in [0.717, 1.165) is 0 Å². The summed E-state index contributed by atoms with van der Waals surface area (Å²) in [6, 6.07) is 1.35. The monoisotopic (exact) mass is 322 g/mol. The summed E-state index contributed by atoms with van der Waals surface area (Å²) >= 11 is 3.16. The van der Waals surface area contributed by atoms with Crippen molar-refractivity contribution in [3.63, 3.8) is 0 Å². The smallest absolute Gasteiger partial charge is 0.201 e. The maximum atomic E-state index is 9.87. The van der Waals surface area contributed by atoms with Gasteiger partial charge in [0, 0.05) is 5.56 Å². The van der Waals surface area contributed by atoms with E-state index in [-0.39, 0.29) is 27.3 Å². The number of benzene rings is 1. The number of ether oxygens (including phenoxy) is 2. The number of aliphatic hydroxyl groups excluding tert-OH is 3.